The van der Waals surface area contributed by atoms with Crippen molar-refractivity contribution in [1.82, 2.24) is 9.80 Å². The predicted octanol–water partition coefficient (Wildman–Crippen LogP) is 3.32. The van der Waals surface area contributed by atoms with Crippen LogP contribution in [0.5, 0.6) is 28.7 Å². The molecule has 5 aliphatic rings. The molecule has 4 aliphatic heterocycles. The van der Waals surface area contributed by atoms with Gasteiger partial charge in [-0.25, -0.2) is 9.59 Å². The number of carbonyl (C=O) groups is 3. The van der Waals surface area contributed by atoms with Gasteiger partial charge in [0.1, 0.15) is 29.5 Å². The summed E-state index contributed by atoms with van der Waals surface area (Å²) in [7, 11) is 5.93. The van der Waals surface area contributed by atoms with Crippen molar-refractivity contribution in [2.45, 2.75) is 88.7 Å². The van der Waals surface area contributed by atoms with Crippen molar-refractivity contribution in [1.29, 1.82) is 0 Å². The van der Waals surface area contributed by atoms with Crippen LogP contribution in [0, 0.1) is 11.8 Å². The molecule has 0 spiro atoms. The fourth-order valence-corrected chi connectivity index (χ4v) is 8.08. The minimum absolute atomic E-state index is 0.00145. The number of hydrogen-bond acceptors (Lipinski definition) is 16. The average Bonchev–Trinajstić information content (AvgIpc) is 3.80. The molecule has 318 valence electrons. The predicted molar refractivity (Wildman–Crippen MR) is 199 cm³/mol. The summed E-state index contributed by atoms with van der Waals surface area (Å²) in [5.41, 5.74) is -0.0196. The van der Waals surface area contributed by atoms with Gasteiger partial charge in [-0.3, -0.25) is 4.79 Å². The molecule has 2 N–H and O–H groups in total. The standard InChI is InChI=1S/C40H52N2O16/c1-19-51-17-40(5)34(54-19)30(43)31(44)36(57-40)55-32-22-15-25-24(52-18-53-25)14-21(22)28(29-23(32)16-50-35(29)45)20-12-26(48-8)33(27(13-20)49-9)56-37(46)41(6)10-11-42(7)38(47)58-39(2,3)4/h12-15,19,23,28-32,34,36,43-44H,10-11,16-18H2,1-9H3/t19-,23+,28-,29+,30-,31-,32-,34+,36-,40-/m1/s1. The van der Waals surface area contributed by atoms with E-state index >= 15 is 0 Å². The van der Waals surface area contributed by atoms with Crippen LogP contribution >= 0.6 is 0 Å². The number of fused-ring (bicyclic) bond motifs is 4. The number of benzene rings is 2. The average molecular weight is 817 g/mol. The lowest BCUT2D eigenvalue weighted by molar-refractivity contribution is -0.394. The van der Waals surface area contributed by atoms with Crippen molar-refractivity contribution in [3.63, 3.8) is 0 Å². The molecule has 18 nitrogen and oxygen atoms in total. The maximum atomic E-state index is 13.8. The molecule has 58 heavy (non-hydrogen) atoms. The van der Waals surface area contributed by atoms with Gasteiger partial charge in [-0.1, -0.05) is 0 Å². The van der Waals surface area contributed by atoms with Gasteiger partial charge in [-0.15, -0.1) is 0 Å². The molecule has 2 aromatic rings. The van der Waals surface area contributed by atoms with E-state index in [1.807, 2.05) is 0 Å². The van der Waals surface area contributed by atoms with Gasteiger partial charge in [0.15, 0.2) is 35.6 Å². The monoisotopic (exact) mass is 816 g/mol. The summed E-state index contributed by atoms with van der Waals surface area (Å²) in [5.74, 6) is -1.42. The molecule has 0 unspecified atom stereocenters. The SMILES string of the molecule is COc1cc([C@@H]2c3cc4c(cc3[C@@H](O[C@@H]3O[C@]5(C)CO[C@@H](C)O[C@H]5[C@H](O)[C@H]3O)[C@H]3COC(=O)[C@H]23)OCO4)cc(OC)c1OC(=O)N(C)CCN(C)C(=O)OC(C)(C)C. The molecule has 3 saturated heterocycles. The first-order chi connectivity index (χ1) is 27.4. The van der Waals surface area contributed by atoms with E-state index in [4.69, 9.17) is 52.1 Å². The van der Waals surface area contributed by atoms with Crippen molar-refractivity contribution < 1.29 is 76.7 Å². The molecule has 4 heterocycles. The number of carbonyl (C=O) groups excluding carboxylic acids is 3. The Hall–Kier alpha value is -4.59. The molecule has 1 aliphatic carbocycles. The molecule has 10 atom stereocenters. The van der Waals surface area contributed by atoms with Crippen LogP contribution in [0.4, 0.5) is 9.59 Å². The largest absolute Gasteiger partial charge is 0.493 e. The van der Waals surface area contributed by atoms with Gasteiger partial charge in [0, 0.05) is 39.0 Å². The first kappa shape index (κ1) is 41.6. The van der Waals surface area contributed by atoms with E-state index < -0.39 is 84.1 Å². The molecule has 7 rings (SSSR count). The zero-order chi connectivity index (χ0) is 41.8. The fourth-order valence-electron chi connectivity index (χ4n) is 8.08. The van der Waals surface area contributed by atoms with E-state index in [0.717, 1.165) is 0 Å². The van der Waals surface area contributed by atoms with Crippen molar-refractivity contribution in [3.05, 3.63) is 41.0 Å². The number of amides is 2. The van der Waals surface area contributed by atoms with E-state index in [1.54, 1.807) is 65.9 Å². The van der Waals surface area contributed by atoms with Crippen molar-refractivity contribution in [3.8, 4) is 28.7 Å². The van der Waals surface area contributed by atoms with Crippen LogP contribution in [-0.2, 0) is 33.2 Å². The zero-order valence-electron chi connectivity index (χ0n) is 34.0. The molecule has 0 saturated carbocycles. The van der Waals surface area contributed by atoms with Crippen molar-refractivity contribution in [2.24, 2.45) is 11.8 Å². The second kappa shape index (κ2) is 15.9. The first-order valence-corrected chi connectivity index (χ1v) is 19.1. The molecule has 2 aromatic carbocycles. The van der Waals surface area contributed by atoms with E-state index in [1.165, 1.54) is 31.1 Å². The summed E-state index contributed by atoms with van der Waals surface area (Å²) in [6.07, 6.45) is -7.88. The second-order valence-electron chi connectivity index (χ2n) is 16.3. The normalized spacial score (nSPS) is 30.9. The molecule has 0 radical (unpaired) electrons. The van der Waals surface area contributed by atoms with Crippen molar-refractivity contribution >= 4 is 18.2 Å². The minimum atomic E-state index is -1.51. The Kier molecular flexibility index (Phi) is 11.4. The van der Waals surface area contributed by atoms with E-state index in [0.29, 0.717) is 28.2 Å². The number of cyclic esters (lactones) is 1. The Morgan fingerprint density at radius 3 is 2.16 bits per heavy atom. The van der Waals surface area contributed by atoms with E-state index in [9.17, 15) is 24.6 Å². The zero-order valence-corrected chi connectivity index (χ0v) is 34.0. The number of nitrogens with zero attached hydrogens (tertiary/aromatic N) is 2. The highest BCUT2D eigenvalue weighted by Gasteiger charge is 2.59. The molecular formula is C40H52N2O16. The van der Waals surface area contributed by atoms with Crippen LogP contribution in [0.2, 0.25) is 0 Å². The van der Waals surface area contributed by atoms with Gasteiger partial charge in [-0.2, -0.15) is 0 Å². The molecule has 2 amide bonds. The molecule has 0 aromatic heterocycles. The van der Waals surface area contributed by atoms with Crippen LogP contribution in [0.25, 0.3) is 0 Å². The van der Waals surface area contributed by atoms with Crippen LogP contribution in [0.15, 0.2) is 24.3 Å². The lowest BCUT2D eigenvalue weighted by Gasteiger charge is -2.52. The fraction of sp³-hybridized carbons (Fsp3) is 0.625. The third-order valence-corrected chi connectivity index (χ3v) is 11.1. The number of rotatable bonds is 9. The minimum Gasteiger partial charge on any atom is -0.493 e. The Morgan fingerprint density at radius 1 is 0.914 bits per heavy atom. The number of aliphatic hydroxyl groups is 2. The topological polar surface area (TPSA) is 200 Å². The van der Waals surface area contributed by atoms with Gasteiger partial charge in [0.25, 0.3) is 0 Å². The third-order valence-electron chi connectivity index (χ3n) is 11.1. The molecular weight excluding hydrogens is 764 g/mol. The number of hydrogen-bond donors (Lipinski definition) is 2. The Bertz CT molecular complexity index is 1880. The maximum Gasteiger partial charge on any atom is 0.415 e. The van der Waals surface area contributed by atoms with Gasteiger partial charge in [0.2, 0.25) is 12.5 Å². The summed E-state index contributed by atoms with van der Waals surface area (Å²) in [4.78, 5) is 42.3. The number of esters is 1. The van der Waals surface area contributed by atoms with E-state index in [2.05, 4.69) is 0 Å². The highest BCUT2D eigenvalue weighted by molar-refractivity contribution is 5.79. The van der Waals surface area contributed by atoms with E-state index in [-0.39, 0.29) is 50.3 Å². The van der Waals surface area contributed by atoms with Crippen molar-refractivity contribution in [2.75, 3.05) is 61.4 Å². The van der Waals surface area contributed by atoms with Gasteiger partial charge >= 0.3 is 18.2 Å². The summed E-state index contributed by atoms with van der Waals surface area (Å²) in [5, 5.41) is 22.6. The summed E-state index contributed by atoms with van der Waals surface area (Å²) in [6.45, 7) is 9.05. The number of ether oxygens (including phenoxy) is 11. The molecule has 0 bridgehead atoms. The lowest BCUT2D eigenvalue weighted by atomic mass is 9.66. The lowest BCUT2D eigenvalue weighted by Crippen LogP contribution is -2.69. The van der Waals surface area contributed by atoms with Gasteiger partial charge < -0.3 is 72.1 Å². The summed E-state index contributed by atoms with van der Waals surface area (Å²) in [6, 6.07) is 6.89. The van der Waals surface area contributed by atoms with Gasteiger partial charge in [-0.05, 0) is 75.6 Å². The van der Waals surface area contributed by atoms with Crippen LogP contribution in [0.3, 0.4) is 0 Å². The van der Waals surface area contributed by atoms with Crippen LogP contribution in [-0.4, -0.2) is 142 Å². The molecule has 3 fully saturated rings. The summed E-state index contributed by atoms with van der Waals surface area (Å²) < 4.78 is 64.4. The Balaban J connectivity index is 1.20. The first-order valence-electron chi connectivity index (χ1n) is 19.1. The summed E-state index contributed by atoms with van der Waals surface area (Å²) >= 11 is 0. The molecule has 18 heteroatoms. The quantitative estimate of drug-likeness (QED) is 0.349. The smallest absolute Gasteiger partial charge is 0.415 e. The van der Waals surface area contributed by atoms with Crippen LogP contribution in [0.1, 0.15) is 63.3 Å². The highest BCUT2D eigenvalue weighted by atomic mass is 16.8. The number of aliphatic hydroxyl groups excluding tert-OH is 2. The third kappa shape index (κ3) is 7.80. The maximum absolute atomic E-state index is 13.8. The van der Waals surface area contributed by atoms with Crippen LogP contribution < -0.4 is 23.7 Å². The Labute approximate surface area is 336 Å². The second-order valence-corrected chi connectivity index (χ2v) is 16.3. The number of methoxy groups -OCH3 is 2. The Morgan fingerprint density at radius 2 is 1.53 bits per heavy atom. The highest BCUT2D eigenvalue weighted by Crippen LogP contribution is 2.57. The van der Waals surface area contributed by atoms with Gasteiger partial charge in [0.05, 0.1) is 39.5 Å². The number of likely N-dealkylation sites (N-methyl/N-ethyl adjacent to an activating group) is 2.